The SMILES string of the molecule is O=C(O)C1(N(Cc2ccccc2)Cc2ccccc2)CCCCC1. The molecule has 3 rings (SSSR count). The van der Waals surface area contributed by atoms with E-state index in [4.69, 9.17) is 0 Å². The van der Waals surface area contributed by atoms with Gasteiger partial charge in [-0.15, -0.1) is 0 Å². The Morgan fingerprint density at radius 3 is 1.71 bits per heavy atom. The van der Waals surface area contributed by atoms with Gasteiger partial charge in [-0.3, -0.25) is 9.69 Å². The number of carboxylic acids is 1. The van der Waals surface area contributed by atoms with E-state index in [2.05, 4.69) is 29.2 Å². The average Bonchev–Trinajstić information content (AvgIpc) is 2.63. The van der Waals surface area contributed by atoms with Gasteiger partial charge in [0.25, 0.3) is 0 Å². The third kappa shape index (κ3) is 3.68. The van der Waals surface area contributed by atoms with Crippen LogP contribution < -0.4 is 0 Å². The summed E-state index contributed by atoms with van der Waals surface area (Å²) >= 11 is 0. The molecule has 126 valence electrons. The standard InChI is InChI=1S/C21H25NO2/c23-20(24)21(14-8-3-9-15-21)22(16-18-10-4-1-5-11-18)17-19-12-6-2-7-13-19/h1-2,4-7,10-13H,3,8-9,14-17H2,(H,23,24). The first-order valence-corrected chi connectivity index (χ1v) is 8.77. The van der Waals surface area contributed by atoms with Crippen LogP contribution in [0.25, 0.3) is 0 Å². The number of hydrogen-bond donors (Lipinski definition) is 1. The summed E-state index contributed by atoms with van der Waals surface area (Å²) in [5.74, 6) is -0.672. The molecule has 1 N–H and O–H groups in total. The Balaban J connectivity index is 1.91. The predicted octanol–water partition coefficient (Wildman–Crippen LogP) is 4.48. The lowest BCUT2D eigenvalue weighted by molar-refractivity contribution is -0.155. The zero-order valence-electron chi connectivity index (χ0n) is 14.0. The molecule has 0 unspecified atom stereocenters. The Labute approximate surface area is 143 Å². The molecule has 0 bridgehead atoms. The summed E-state index contributed by atoms with van der Waals surface area (Å²) in [4.78, 5) is 14.4. The fourth-order valence-electron chi connectivity index (χ4n) is 3.77. The summed E-state index contributed by atoms with van der Waals surface area (Å²) in [5.41, 5.74) is 1.59. The second kappa shape index (κ2) is 7.63. The number of rotatable bonds is 6. The fourth-order valence-corrected chi connectivity index (χ4v) is 3.77. The van der Waals surface area contributed by atoms with Crippen molar-refractivity contribution in [2.45, 2.75) is 50.7 Å². The first kappa shape index (κ1) is 16.7. The van der Waals surface area contributed by atoms with Gasteiger partial charge in [-0.25, -0.2) is 0 Å². The van der Waals surface area contributed by atoms with Gasteiger partial charge in [-0.2, -0.15) is 0 Å². The third-order valence-corrected chi connectivity index (χ3v) is 5.12. The molecular formula is C21H25NO2. The van der Waals surface area contributed by atoms with E-state index in [0.29, 0.717) is 13.1 Å². The van der Waals surface area contributed by atoms with Gasteiger partial charge in [0.2, 0.25) is 0 Å². The molecule has 1 aliphatic carbocycles. The van der Waals surface area contributed by atoms with E-state index < -0.39 is 11.5 Å². The van der Waals surface area contributed by atoms with Crippen molar-refractivity contribution in [3.8, 4) is 0 Å². The number of nitrogens with zero attached hydrogens (tertiary/aromatic N) is 1. The van der Waals surface area contributed by atoms with E-state index in [1.54, 1.807) is 0 Å². The Morgan fingerprint density at radius 1 is 0.833 bits per heavy atom. The number of hydrogen-bond acceptors (Lipinski definition) is 2. The highest BCUT2D eigenvalue weighted by atomic mass is 16.4. The summed E-state index contributed by atoms with van der Waals surface area (Å²) < 4.78 is 0. The number of aliphatic carboxylic acids is 1. The topological polar surface area (TPSA) is 40.5 Å². The van der Waals surface area contributed by atoms with Crippen LogP contribution in [0.1, 0.15) is 43.2 Å². The highest BCUT2D eigenvalue weighted by molar-refractivity contribution is 5.79. The first-order valence-electron chi connectivity index (χ1n) is 8.77. The van der Waals surface area contributed by atoms with Crippen molar-refractivity contribution >= 4 is 5.97 Å². The van der Waals surface area contributed by atoms with Gasteiger partial charge in [0.1, 0.15) is 5.54 Å². The van der Waals surface area contributed by atoms with Gasteiger partial charge < -0.3 is 5.11 Å². The lowest BCUT2D eigenvalue weighted by atomic mass is 9.79. The highest BCUT2D eigenvalue weighted by Crippen LogP contribution is 2.36. The van der Waals surface area contributed by atoms with Crippen molar-refractivity contribution in [3.63, 3.8) is 0 Å². The maximum absolute atomic E-state index is 12.3. The van der Waals surface area contributed by atoms with Gasteiger partial charge in [0.05, 0.1) is 0 Å². The highest BCUT2D eigenvalue weighted by Gasteiger charge is 2.44. The monoisotopic (exact) mass is 323 g/mol. The van der Waals surface area contributed by atoms with Gasteiger partial charge in [-0.05, 0) is 24.0 Å². The maximum Gasteiger partial charge on any atom is 0.324 e. The summed E-state index contributed by atoms with van der Waals surface area (Å²) in [5, 5.41) is 10.1. The lowest BCUT2D eigenvalue weighted by Crippen LogP contribution is -2.55. The Bertz CT molecular complexity index is 607. The molecule has 0 atom stereocenters. The largest absolute Gasteiger partial charge is 0.480 e. The van der Waals surface area contributed by atoms with Crippen molar-refractivity contribution in [3.05, 3.63) is 71.8 Å². The van der Waals surface area contributed by atoms with Crippen LogP contribution in [0.5, 0.6) is 0 Å². The lowest BCUT2D eigenvalue weighted by Gasteiger charge is -2.43. The zero-order valence-corrected chi connectivity index (χ0v) is 14.0. The molecule has 0 saturated heterocycles. The molecule has 0 aliphatic heterocycles. The normalized spacial score (nSPS) is 16.9. The molecule has 1 fully saturated rings. The van der Waals surface area contributed by atoms with Gasteiger partial charge >= 0.3 is 5.97 Å². The first-order chi connectivity index (χ1) is 11.7. The van der Waals surface area contributed by atoms with Crippen LogP contribution in [0, 0.1) is 0 Å². The molecule has 0 spiro atoms. The predicted molar refractivity (Wildman–Crippen MR) is 95.6 cm³/mol. The van der Waals surface area contributed by atoms with Crippen LogP contribution >= 0.6 is 0 Å². The van der Waals surface area contributed by atoms with Crippen LogP contribution in [0.2, 0.25) is 0 Å². The molecule has 2 aromatic carbocycles. The third-order valence-electron chi connectivity index (χ3n) is 5.12. The molecule has 3 nitrogen and oxygen atoms in total. The van der Waals surface area contributed by atoms with E-state index in [0.717, 1.165) is 32.1 Å². The van der Waals surface area contributed by atoms with Crippen LogP contribution in [0.15, 0.2) is 60.7 Å². The Kier molecular flexibility index (Phi) is 5.31. The minimum Gasteiger partial charge on any atom is -0.480 e. The van der Waals surface area contributed by atoms with E-state index in [-0.39, 0.29) is 0 Å². The molecule has 1 aliphatic rings. The molecule has 2 aromatic rings. The molecule has 1 saturated carbocycles. The second-order valence-corrected chi connectivity index (χ2v) is 6.72. The maximum atomic E-state index is 12.3. The zero-order chi connectivity index (χ0) is 16.8. The summed E-state index contributed by atoms with van der Waals surface area (Å²) in [6, 6.07) is 20.4. The van der Waals surface area contributed by atoms with E-state index >= 15 is 0 Å². The molecule has 0 radical (unpaired) electrons. The van der Waals surface area contributed by atoms with E-state index in [1.807, 2.05) is 36.4 Å². The number of benzene rings is 2. The Morgan fingerprint density at radius 2 is 1.29 bits per heavy atom. The van der Waals surface area contributed by atoms with Crippen molar-refractivity contribution in [2.24, 2.45) is 0 Å². The van der Waals surface area contributed by atoms with Crippen LogP contribution in [-0.4, -0.2) is 21.5 Å². The molecular weight excluding hydrogens is 298 g/mol. The quantitative estimate of drug-likeness (QED) is 0.852. The second-order valence-electron chi connectivity index (χ2n) is 6.72. The van der Waals surface area contributed by atoms with Crippen LogP contribution in [0.4, 0.5) is 0 Å². The molecule has 3 heteroatoms. The van der Waals surface area contributed by atoms with Crippen LogP contribution in [-0.2, 0) is 17.9 Å². The fraction of sp³-hybridized carbons (Fsp3) is 0.381. The van der Waals surface area contributed by atoms with Crippen molar-refractivity contribution in [1.29, 1.82) is 0 Å². The molecule has 24 heavy (non-hydrogen) atoms. The molecule has 0 heterocycles. The van der Waals surface area contributed by atoms with Crippen LogP contribution in [0.3, 0.4) is 0 Å². The van der Waals surface area contributed by atoms with E-state index in [9.17, 15) is 9.90 Å². The van der Waals surface area contributed by atoms with Gasteiger partial charge in [0, 0.05) is 13.1 Å². The van der Waals surface area contributed by atoms with Gasteiger partial charge in [0.15, 0.2) is 0 Å². The number of carboxylic acid groups (broad SMARTS) is 1. The van der Waals surface area contributed by atoms with Crippen molar-refractivity contribution in [2.75, 3.05) is 0 Å². The number of carbonyl (C=O) groups is 1. The summed E-state index contributed by atoms with van der Waals surface area (Å²) in [6.45, 7) is 1.34. The van der Waals surface area contributed by atoms with Gasteiger partial charge in [-0.1, -0.05) is 79.9 Å². The smallest absolute Gasteiger partial charge is 0.324 e. The van der Waals surface area contributed by atoms with Crippen molar-refractivity contribution < 1.29 is 9.90 Å². The molecule has 0 aromatic heterocycles. The minimum absolute atomic E-state index is 0.669. The summed E-state index contributed by atoms with van der Waals surface area (Å²) in [6.07, 6.45) is 4.60. The molecule has 0 amide bonds. The Hall–Kier alpha value is -2.13. The van der Waals surface area contributed by atoms with Crippen molar-refractivity contribution in [1.82, 2.24) is 4.90 Å². The average molecular weight is 323 g/mol. The van der Waals surface area contributed by atoms with E-state index in [1.165, 1.54) is 11.1 Å². The summed E-state index contributed by atoms with van der Waals surface area (Å²) in [7, 11) is 0. The minimum atomic E-state index is -0.746.